The van der Waals surface area contributed by atoms with Crippen molar-refractivity contribution in [3.8, 4) is 34.3 Å². The molecule has 0 unspecified atom stereocenters. The molecule has 2 fully saturated rings. The van der Waals surface area contributed by atoms with E-state index >= 15 is 0 Å². The van der Waals surface area contributed by atoms with Crippen LogP contribution < -0.4 is 10.2 Å². The Morgan fingerprint density at radius 3 is 2.00 bits per heavy atom. The van der Waals surface area contributed by atoms with Crippen molar-refractivity contribution in [3.05, 3.63) is 46.6 Å². The maximum Gasteiger partial charge on any atom is 0.239 e. The van der Waals surface area contributed by atoms with Gasteiger partial charge in [0.25, 0.3) is 0 Å². The predicted molar refractivity (Wildman–Crippen MR) is 140 cm³/mol. The SMILES string of the molecule is O=c1c(O[C@@H]2O[C@H](CO)[C@H](O)[C@H](O[C@@H]3O[C@H](CO)[C@H](O)[C@H](O)[C@H]3O)[C@H]2O)c(-c2ccc(O)cc2)oc2cc(O)cc(O)c12. The fraction of sp³-hybridized carbons (Fsp3) is 0.444. The molecule has 16 nitrogen and oxygen atoms in total. The molecular formula is C27H30O16. The van der Waals surface area contributed by atoms with Crippen molar-refractivity contribution in [1.82, 2.24) is 0 Å². The molecule has 0 saturated carbocycles. The van der Waals surface area contributed by atoms with E-state index in [9.17, 15) is 55.9 Å². The molecule has 2 saturated heterocycles. The monoisotopic (exact) mass is 610 g/mol. The van der Waals surface area contributed by atoms with Gasteiger partial charge < -0.3 is 74.4 Å². The van der Waals surface area contributed by atoms with Crippen LogP contribution in [0.3, 0.4) is 0 Å². The van der Waals surface area contributed by atoms with Crippen LogP contribution in [0.15, 0.2) is 45.6 Å². The summed E-state index contributed by atoms with van der Waals surface area (Å²) in [5, 5.41) is 101. The highest BCUT2D eigenvalue weighted by Crippen LogP contribution is 2.38. The molecule has 1 aromatic heterocycles. The van der Waals surface area contributed by atoms with Crippen LogP contribution in [0.2, 0.25) is 0 Å². The molecule has 0 amide bonds. The lowest BCUT2D eigenvalue weighted by atomic mass is 9.97. The number of aliphatic hydroxyl groups excluding tert-OH is 7. The van der Waals surface area contributed by atoms with Gasteiger partial charge >= 0.3 is 0 Å². The average molecular weight is 611 g/mol. The van der Waals surface area contributed by atoms with E-state index in [1.165, 1.54) is 24.3 Å². The number of benzene rings is 2. The fourth-order valence-corrected chi connectivity index (χ4v) is 4.94. The summed E-state index contributed by atoms with van der Waals surface area (Å²) in [4.78, 5) is 13.6. The van der Waals surface area contributed by atoms with E-state index in [1.54, 1.807) is 0 Å². The first-order chi connectivity index (χ1) is 20.4. The molecule has 5 rings (SSSR count). The van der Waals surface area contributed by atoms with E-state index in [0.29, 0.717) is 0 Å². The maximum atomic E-state index is 13.6. The summed E-state index contributed by atoms with van der Waals surface area (Å²) < 4.78 is 27.9. The number of phenolic OH excluding ortho intramolecular Hbond substituents is 3. The second-order valence-corrected chi connectivity index (χ2v) is 10.1. The third-order valence-corrected chi connectivity index (χ3v) is 7.24. The van der Waals surface area contributed by atoms with Crippen LogP contribution in [0, 0.1) is 0 Å². The van der Waals surface area contributed by atoms with Crippen LogP contribution in [0.25, 0.3) is 22.3 Å². The standard InChI is InChI=1S/C27H30O16/c28-7-14-17(33)20(36)21(37)26(40-14)42-24-18(34)15(8-29)41-27(22(24)38)43-25-19(35)16-12(32)5-11(31)6-13(16)39-23(25)9-1-3-10(30)4-2-9/h1-6,14-15,17-18,20-22,24,26-34,36-38H,7-8H2/t14-,15-,17+,18+,20+,21-,22-,24+,26+,27+/m1/s1. The van der Waals surface area contributed by atoms with Gasteiger partial charge in [-0.25, -0.2) is 0 Å². The van der Waals surface area contributed by atoms with Gasteiger partial charge in [-0.3, -0.25) is 4.79 Å². The second kappa shape index (κ2) is 12.2. The molecule has 16 heteroatoms. The van der Waals surface area contributed by atoms with E-state index in [1.807, 2.05) is 0 Å². The fourth-order valence-electron chi connectivity index (χ4n) is 4.94. The Hall–Kier alpha value is -3.55. The van der Waals surface area contributed by atoms with Crippen LogP contribution in [0.4, 0.5) is 0 Å². The van der Waals surface area contributed by atoms with Gasteiger partial charge in [-0.05, 0) is 24.3 Å². The Bertz CT molecular complexity index is 1490. The van der Waals surface area contributed by atoms with Crippen LogP contribution >= 0.6 is 0 Å². The highest BCUT2D eigenvalue weighted by Gasteiger charge is 2.51. The summed E-state index contributed by atoms with van der Waals surface area (Å²) in [5.74, 6) is -2.11. The van der Waals surface area contributed by atoms with Gasteiger partial charge in [0.1, 0.15) is 77.0 Å². The smallest absolute Gasteiger partial charge is 0.239 e. The zero-order chi connectivity index (χ0) is 31.2. The van der Waals surface area contributed by atoms with Crippen LogP contribution in [0.5, 0.6) is 23.0 Å². The lowest BCUT2D eigenvalue weighted by Gasteiger charge is -2.45. The lowest BCUT2D eigenvalue weighted by Crippen LogP contribution is -2.65. The van der Waals surface area contributed by atoms with Gasteiger partial charge in [0.15, 0.2) is 12.1 Å². The van der Waals surface area contributed by atoms with Crippen molar-refractivity contribution < 1.29 is 74.4 Å². The van der Waals surface area contributed by atoms with Crippen molar-refractivity contribution in [1.29, 1.82) is 0 Å². The maximum absolute atomic E-state index is 13.6. The Labute approximate surface area is 241 Å². The van der Waals surface area contributed by atoms with E-state index in [-0.39, 0.29) is 22.7 Å². The van der Waals surface area contributed by atoms with Gasteiger partial charge in [0.2, 0.25) is 17.5 Å². The Kier molecular flexibility index (Phi) is 8.77. The summed E-state index contributed by atoms with van der Waals surface area (Å²) in [6, 6.07) is 7.22. The number of rotatable bonds is 7. The highest BCUT2D eigenvalue weighted by atomic mass is 16.7. The molecule has 3 heterocycles. The number of hydrogen-bond donors (Lipinski definition) is 10. The molecule has 0 radical (unpaired) electrons. The van der Waals surface area contributed by atoms with Crippen LogP contribution in [0.1, 0.15) is 0 Å². The first kappa shape index (κ1) is 30.9. The van der Waals surface area contributed by atoms with Gasteiger partial charge in [0, 0.05) is 17.7 Å². The first-order valence-corrected chi connectivity index (χ1v) is 13.0. The van der Waals surface area contributed by atoms with Crippen molar-refractivity contribution in [3.63, 3.8) is 0 Å². The van der Waals surface area contributed by atoms with Gasteiger partial charge in [-0.2, -0.15) is 0 Å². The Morgan fingerprint density at radius 1 is 0.721 bits per heavy atom. The highest BCUT2D eigenvalue weighted by molar-refractivity contribution is 5.88. The van der Waals surface area contributed by atoms with Gasteiger partial charge in [-0.15, -0.1) is 0 Å². The van der Waals surface area contributed by atoms with E-state index < -0.39 is 103 Å². The number of phenols is 3. The van der Waals surface area contributed by atoms with Crippen molar-refractivity contribution in [2.75, 3.05) is 13.2 Å². The minimum absolute atomic E-state index is 0.122. The molecule has 2 aliphatic heterocycles. The average Bonchev–Trinajstić information content (AvgIpc) is 2.97. The normalized spacial score (nSPS) is 33.0. The van der Waals surface area contributed by atoms with E-state index in [2.05, 4.69) is 0 Å². The first-order valence-electron chi connectivity index (χ1n) is 13.0. The topological polar surface area (TPSA) is 269 Å². The number of hydrogen-bond acceptors (Lipinski definition) is 16. The third-order valence-electron chi connectivity index (χ3n) is 7.24. The Balaban J connectivity index is 1.53. The van der Waals surface area contributed by atoms with Crippen molar-refractivity contribution in [2.24, 2.45) is 0 Å². The second-order valence-electron chi connectivity index (χ2n) is 10.1. The molecule has 234 valence electrons. The molecule has 10 atom stereocenters. The van der Waals surface area contributed by atoms with Crippen molar-refractivity contribution >= 4 is 11.0 Å². The molecule has 0 bridgehead atoms. The summed E-state index contributed by atoms with van der Waals surface area (Å²) in [5.41, 5.74) is -1.04. The summed E-state index contributed by atoms with van der Waals surface area (Å²) in [6.45, 7) is -1.63. The largest absolute Gasteiger partial charge is 0.508 e. The summed E-state index contributed by atoms with van der Waals surface area (Å²) in [6.07, 6.45) is -17.6. The minimum atomic E-state index is -1.98. The number of aliphatic hydroxyl groups is 7. The van der Waals surface area contributed by atoms with Crippen molar-refractivity contribution in [2.45, 2.75) is 61.4 Å². The third kappa shape index (κ3) is 5.73. The minimum Gasteiger partial charge on any atom is -0.508 e. The molecule has 2 aromatic carbocycles. The van der Waals surface area contributed by atoms with Gasteiger partial charge in [0.05, 0.1) is 13.2 Å². The zero-order valence-electron chi connectivity index (χ0n) is 22.1. The number of ether oxygens (including phenoxy) is 4. The van der Waals surface area contributed by atoms with Crippen LogP contribution in [-0.4, -0.2) is 126 Å². The van der Waals surface area contributed by atoms with E-state index in [4.69, 9.17) is 23.4 Å². The molecule has 0 spiro atoms. The molecule has 43 heavy (non-hydrogen) atoms. The molecule has 3 aromatic rings. The quantitative estimate of drug-likeness (QED) is 0.133. The number of aromatic hydroxyl groups is 3. The van der Waals surface area contributed by atoms with Gasteiger partial charge in [-0.1, -0.05) is 0 Å². The predicted octanol–water partition coefficient (Wildman–Crippen LogP) is -2.42. The molecule has 0 aliphatic carbocycles. The summed E-state index contributed by atoms with van der Waals surface area (Å²) >= 11 is 0. The Morgan fingerprint density at radius 2 is 1.35 bits per heavy atom. The summed E-state index contributed by atoms with van der Waals surface area (Å²) in [7, 11) is 0. The van der Waals surface area contributed by atoms with Crippen LogP contribution in [-0.2, 0) is 14.2 Å². The zero-order valence-corrected chi connectivity index (χ0v) is 22.1. The molecule has 10 N–H and O–H groups in total. The molecular weight excluding hydrogens is 580 g/mol. The lowest BCUT2D eigenvalue weighted by molar-refractivity contribution is -0.352. The van der Waals surface area contributed by atoms with E-state index in [0.717, 1.165) is 12.1 Å². The molecule has 2 aliphatic rings. The number of fused-ring (bicyclic) bond motifs is 1.